The van der Waals surface area contributed by atoms with Gasteiger partial charge in [0.25, 0.3) is 17.9 Å². The summed E-state index contributed by atoms with van der Waals surface area (Å²) in [7, 11) is 9.54. The fourth-order valence-corrected chi connectivity index (χ4v) is 2.98. The van der Waals surface area contributed by atoms with Gasteiger partial charge in [0.1, 0.15) is 0 Å². The smallest absolute Gasteiger partial charge is 0.372 e. The normalized spacial score (nSPS) is 9.17. The number of ether oxygens (including phenoxy) is 5. The molecule has 0 radical (unpaired) electrons. The number of carbonyl (C=O) groups is 7. The second kappa shape index (κ2) is 44.1. The largest absolute Gasteiger partial charge is 0.541 e. The van der Waals surface area contributed by atoms with E-state index in [4.69, 9.17) is 0 Å². The molecular weight excluding hydrogens is 1650 g/mol. The third kappa shape index (κ3) is 29.3. The number of methoxy groups -OCH3 is 5. The van der Waals surface area contributed by atoms with Crippen molar-refractivity contribution in [2.24, 2.45) is 37.6 Å². The van der Waals surface area contributed by atoms with Crippen LogP contribution < -0.4 is 11.7 Å². The van der Waals surface area contributed by atoms with Gasteiger partial charge in [0.05, 0.1) is 35.5 Å². The van der Waals surface area contributed by atoms with Gasteiger partial charge in [0.15, 0.2) is 0 Å². The zero-order chi connectivity index (χ0) is 42.7. The van der Waals surface area contributed by atoms with E-state index >= 15 is 0 Å². The molecule has 3 aromatic rings. The minimum absolute atomic E-state index is 0. The Morgan fingerprint density at radius 3 is 1.30 bits per heavy atom. The molecule has 3 rings (SSSR count). The molecule has 0 fully saturated rings. The number of aromatic amines is 1. The number of nitrogens with one attached hydrogen (secondary N) is 1. The molecule has 3 heterocycles. The first-order valence-corrected chi connectivity index (χ1v) is 14.7. The average molecular weight is 1700 g/mol. The summed E-state index contributed by atoms with van der Waals surface area (Å²) in [6.07, 6.45) is 10.8. The molecule has 0 bridgehead atoms. The number of hydrogen-bond donors (Lipinski definition) is 3. The van der Waals surface area contributed by atoms with Gasteiger partial charge in [-0.2, -0.15) is 16.7 Å². The number of nitrogens with two attached hydrogens (primary N) is 2. The summed E-state index contributed by atoms with van der Waals surface area (Å²) in [4.78, 5) is 94.2. The van der Waals surface area contributed by atoms with Crippen LogP contribution in [0, 0.1) is 51.2 Å². The van der Waals surface area contributed by atoms with Crippen LogP contribution >= 0.6 is 0 Å². The van der Waals surface area contributed by atoms with Gasteiger partial charge in [0, 0.05) is 125 Å². The molecule has 5 N–H and O–H groups in total. The molecule has 2 atom stereocenters. The first kappa shape index (κ1) is 77.6. The Bertz CT molecular complexity index is 1660. The Morgan fingerprint density at radius 2 is 1.05 bits per heavy atom. The summed E-state index contributed by atoms with van der Waals surface area (Å²) in [5.41, 5.74) is 3.23. The van der Waals surface area contributed by atoms with Crippen molar-refractivity contribution in [1.29, 1.82) is 0 Å². The number of nitrogens with zero attached hydrogens (tertiary/aromatic N) is 5. The maximum Gasteiger partial charge on any atom is 0.372 e. The zero-order valence-corrected chi connectivity index (χ0v) is 48.5. The minimum Gasteiger partial charge on any atom is -0.541 e. The van der Waals surface area contributed by atoms with Crippen LogP contribution in [0.5, 0.6) is 0 Å². The molecule has 0 aliphatic heterocycles. The molecule has 0 spiro atoms. The second-order valence-corrected chi connectivity index (χ2v) is 9.62. The van der Waals surface area contributed by atoms with Crippen LogP contribution in [0.25, 0.3) is 0 Å². The van der Waals surface area contributed by atoms with Crippen LogP contribution in [-0.2, 0) is 172 Å². The van der Waals surface area contributed by atoms with Gasteiger partial charge in [-0.25, -0.2) is 9.59 Å². The Morgan fingerprint density at radius 1 is 0.650 bits per heavy atom. The van der Waals surface area contributed by atoms with Crippen molar-refractivity contribution >= 4 is 54.0 Å². The molecule has 60 heavy (non-hydrogen) atoms. The predicted molar refractivity (Wildman–Crippen MR) is 189 cm³/mol. The summed E-state index contributed by atoms with van der Waals surface area (Å²) < 4.78 is 24.5. The molecule has 3 aromatic heterocycles. The second-order valence-electron chi connectivity index (χ2n) is 9.62. The number of ketones is 2. The van der Waals surface area contributed by atoms with E-state index in [9.17, 15) is 43.2 Å². The van der Waals surface area contributed by atoms with Crippen molar-refractivity contribution in [3.05, 3.63) is 52.4 Å². The maximum absolute atomic E-state index is 11.0. The van der Waals surface area contributed by atoms with Crippen molar-refractivity contribution in [1.82, 2.24) is 29.8 Å². The molecule has 0 aliphatic carbocycles. The first-order valence-electron chi connectivity index (χ1n) is 14.7. The predicted octanol–water partition coefficient (Wildman–Crippen LogP) is -0.673. The molecule has 22 nitrogen and oxygen atoms in total. The molecule has 0 saturated carbocycles. The van der Waals surface area contributed by atoms with Crippen molar-refractivity contribution in [2.45, 2.75) is 42.0 Å². The summed E-state index contributed by atoms with van der Waals surface area (Å²) in [6.45, 7) is 7.83. The average Bonchev–Trinajstić information content (AvgIpc) is 3.89. The van der Waals surface area contributed by atoms with E-state index in [1.54, 1.807) is 34.9 Å². The monoisotopic (exact) mass is 1700 g/mol. The van der Waals surface area contributed by atoms with Gasteiger partial charge in [0.2, 0.25) is 11.6 Å². The van der Waals surface area contributed by atoms with E-state index in [2.05, 4.69) is 74.4 Å². The number of hydrazine groups is 1. The fourth-order valence-electron chi connectivity index (χ4n) is 2.98. The van der Waals surface area contributed by atoms with Gasteiger partial charge >= 0.3 is 11.9 Å². The Balaban J connectivity index is -0.0000000748. The summed E-state index contributed by atoms with van der Waals surface area (Å²) >= 11 is 0. The molecular formula is C33H47N8O14W5-5. The standard InChI is InChI=1S/2C7H9N2O2.C6H7N2O2.2C6H7O4.CH4.H4N2.5W/c1-5-4-9(2)8-6(5)7(10)11-3;1-5-4-8-9(2)6(5)7(10)11-3;1-4-3-7-8-5(4)6(9)10-2;2*1-4(3-7)5(8)6(9)10-2;;1-2;;;;;/h2*1-3H3;1-2H3,(H,7,8);2*4H,1-2H3;1H4;1-2H2;;;;;/q5*-1;;;;;;;. The molecule has 0 amide bonds. The molecule has 27 heteroatoms. The van der Waals surface area contributed by atoms with E-state index in [0.717, 1.165) is 14.2 Å². The third-order valence-electron chi connectivity index (χ3n) is 5.81. The molecule has 2 unspecified atom stereocenters. The topological polar surface area (TPSA) is 316 Å². The van der Waals surface area contributed by atoms with E-state index in [1.165, 1.54) is 57.1 Å². The van der Waals surface area contributed by atoms with Crippen molar-refractivity contribution in [3.8, 4) is 0 Å². The number of esters is 5. The quantitative estimate of drug-likeness (QED) is 0.0455. The molecule has 0 aliphatic rings. The summed E-state index contributed by atoms with van der Waals surface area (Å²) in [5.74, 6) is 1.02. The SMILES string of the molecule is C.COC(=O)C(=O)C(C)[C-]=O.COC(=O)C(=O)C(C)[C-]=O.COC(=O)c1[nH]n[c-]c1C.COC(=O)c1c(C)[c-]nn1C.COC(=O)c1nn(C)[c-]c1C.NN.[W].[W].[W].[W].[W]. The number of Topliss-reactive ketones (excluding diaryl/α,β-unsaturated/α-hetero) is 2. The van der Waals surface area contributed by atoms with Gasteiger partial charge in [-0.05, 0) is 11.4 Å². The fraction of sp³-hybridized carbons (Fsp3) is 0.455. The zero-order valence-electron chi connectivity index (χ0n) is 33.8. The minimum atomic E-state index is -1.02. The van der Waals surface area contributed by atoms with Crippen LogP contribution in [0.4, 0.5) is 0 Å². The number of carbonyl (C=O) groups excluding carboxylic acids is 9. The number of rotatable bonds is 9. The van der Waals surface area contributed by atoms with Crippen molar-refractivity contribution in [3.63, 3.8) is 0 Å². The Labute approximate surface area is 420 Å². The van der Waals surface area contributed by atoms with Gasteiger partial charge in [-0.1, -0.05) is 53.9 Å². The number of hydrogen-bond acceptors (Lipinski definition) is 19. The van der Waals surface area contributed by atoms with Gasteiger partial charge in [-0.3, -0.25) is 53.3 Å². The van der Waals surface area contributed by atoms with Crippen LogP contribution in [0.2, 0.25) is 0 Å². The van der Waals surface area contributed by atoms with Crippen molar-refractivity contribution < 1.29 is 172 Å². The number of H-pyrrole nitrogens is 1. The number of aromatic nitrogens is 6. The van der Waals surface area contributed by atoms with Gasteiger partial charge in [-0.15, -0.1) is 18.6 Å². The van der Waals surface area contributed by atoms with Crippen LogP contribution in [-0.4, -0.2) is 119 Å². The summed E-state index contributed by atoms with van der Waals surface area (Å²) in [6, 6.07) is 0. The van der Waals surface area contributed by atoms with E-state index in [-0.39, 0.29) is 119 Å². The molecule has 0 aromatic carbocycles. The summed E-state index contributed by atoms with van der Waals surface area (Å²) in [5, 5.41) is 13.7. The maximum atomic E-state index is 11.0. The van der Waals surface area contributed by atoms with E-state index < -0.39 is 47.3 Å². The van der Waals surface area contributed by atoms with Crippen LogP contribution in [0.15, 0.2) is 0 Å². The number of aryl methyl sites for hydroxylation is 5. The van der Waals surface area contributed by atoms with Crippen molar-refractivity contribution in [2.75, 3.05) is 35.5 Å². The first-order chi connectivity index (χ1) is 25.3. The van der Waals surface area contributed by atoms with E-state index in [0.29, 0.717) is 33.8 Å². The van der Waals surface area contributed by atoms with Gasteiger partial charge < -0.3 is 57.9 Å². The molecule has 338 valence electrons. The Kier molecular flexibility index (Phi) is 57.0. The van der Waals surface area contributed by atoms with Crippen LogP contribution in [0.1, 0.15) is 69.4 Å². The Hall–Kier alpha value is -2.98. The molecule has 0 saturated heterocycles. The van der Waals surface area contributed by atoms with Crippen LogP contribution in [0.3, 0.4) is 0 Å². The third-order valence-corrected chi connectivity index (χ3v) is 5.81. The van der Waals surface area contributed by atoms with E-state index in [1.807, 2.05) is 0 Å².